The Balaban J connectivity index is 2.32. The van der Waals surface area contributed by atoms with E-state index in [4.69, 9.17) is 4.74 Å². The lowest BCUT2D eigenvalue weighted by Crippen LogP contribution is -2.34. The second-order valence-electron chi connectivity index (χ2n) is 4.75. The summed E-state index contributed by atoms with van der Waals surface area (Å²) in [6.45, 7) is 3.76. The maximum atomic E-state index is 13.1. The van der Waals surface area contributed by atoms with Crippen LogP contribution >= 0.6 is 0 Å². The summed E-state index contributed by atoms with van der Waals surface area (Å²) in [6, 6.07) is 0. The van der Waals surface area contributed by atoms with Crippen LogP contribution in [0.1, 0.15) is 26.5 Å². The minimum Gasteiger partial charge on any atom is -0.390 e. The van der Waals surface area contributed by atoms with E-state index in [1.54, 1.807) is 0 Å². The van der Waals surface area contributed by atoms with Crippen molar-refractivity contribution in [2.75, 3.05) is 0 Å². The number of H-pyrrole nitrogens is 1. The van der Waals surface area contributed by atoms with Crippen LogP contribution in [0, 0.1) is 11.7 Å². The van der Waals surface area contributed by atoms with Gasteiger partial charge in [0.15, 0.2) is 0 Å². The summed E-state index contributed by atoms with van der Waals surface area (Å²) in [5, 5.41) is 9.80. The number of nitrogens with zero attached hydrogens (tertiary/aromatic N) is 1. The lowest BCUT2D eigenvalue weighted by Gasteiger charge is -2.18. The molecule has 0 aromatic carbocycles. The number of nitrogens with one attached hydrogen (secondary N) is 1. The number of aliphatic hydroxyl groups is 1. The Bertz CT molecular complexity index is 551. The Hall–Kier alpha value is -1.47. The fraction of sp³-hybridized carbons (Fsp3) is 0.636. The van der Waals surface area contributed by atoms with Gasteiger partial charge in [-0.05, 0) is 5.92 Å². The van der Waals surface area contributed by atoms with Crippen molar-refractivity contribution in [3.05, 3.63) is 32.9 Å². The molecule has 2 rings (SSSR count). The molecule has 1 fully saturated rings. The number of aromatic amines is 1. The molecule has 1 aromatic rings. The second-order valence-corrected chi connectivity index (χ2v) is 4.75. The highest BCUT2D eigenvalue weighted by Crippen LogP contribution is 2.31. The molecule has 18 heavy (non-hydrogen) atoms. The predicted octanol–water partition coefficient (Wildman–Crippen LogP) is -0.0199. The summed E-state index contributed by atoms with van der Waals surface area (Å²) < 4.78 is 19.6. The topological polar surface area (TPSA) is 84.3 Å². The highest BCUT2D eigenvalue weighted by Gasteiger charge is 2.37. The fourth-order valence-electron chi connectivity index (χ4n) is 2.12. The minimum atomic E-state index is -1.06. The number of aliphatic hydroxyl groups excluding tert-OH is 1. The Morgan fingerprint density at radius 3 is 2.78 bits per heavy atom. The van der Waals surface area contributed by atoms with Crippen molar-refractivity contribution < 1.29 is 14.2 Å². The van der Waals surface area contributed by atoms with E-state index in [2.05, 4.69) is 0 Å². The smallest absolute Gasteiger partial charge is 0.330 e. The third kappa shape index (κ3) is 2.23. The van der Waals surface area contributed by atoms with Crippen LogP contribution in [0.2, 0.25) is 0 Å². The first-order valence-corrected chi connectivity index (χ1v) is 5.74. The van der Waals surface area contributed by atoms with Crippen molar-refractivity contribution >= 4 is 0 Å². The third-order valence-electron chi connectivity index (χ3n) is 3.03. The second kappa shape index (κ2) is 4.66. The zero-order valence-electron chi connectivity index (χ0n) is 10.1. The third-order valence-corrected chi connectivity index (χ3v) is 3.03. The first kappa shape index (κ1) is 13.0. The van der Waals surface area contributed by atoms with E-state index in [-0.39, 0.29) is 12.3 Å². The number of rotatable bonds is 2. The quantitative estimate of drug-likeness (QED) is 0.780. The van der Waals surface area contributed by atoms with Gasteiger partial charge in [0.05, 0.1) is 18.4 Å². The molecule has 2 heterocycles. The van der Waals surface area contributed by atoms with Gasteiger partial charge in [-0.1, -0.05) is 13.8 Å². The van der Waals surface area contributed by atoms with E-state index in [1.807, 2.05) is 18.8 Å². The minimum absolute atomic E-state index is 0.0771. The Kier molecular flexibility index (Phi) is 3.36. The van der Waals surface area contributed by atoms with Crippen molar-refractivity contribution in [1.29, 1.82) is 0 Å². The van der Waals surface area contributed by atoms with Gasteiger partial charge < -0.3 is 9.84 Å². The van der Waals surface area contributed by atoms with Crippen LogP contribution in [0.15, 0.2) is 15.8 Å². The van der Waals surface area contributed by atoms with Gasteiger partial charge in [-0.2, -0.15) is 4.39 Å². The first-order chi connectivity index (χ1) is 8.40. The number of halogens is 1. The Morgan fingerprint density at radius 1 is 1.56 bits per heavy atom. The van der Waals surface area contributed by atoms with Gasteiger partial charge in [-0.15, -0.1) is 0 Å². The summed E-state index contributed by atoms with van der Waals surface area (Å²) in [5.41, 5.74) is -1.81. The normalized spacial score (nSPS) is 27.9. The summed E-state index contributed by atoms with van der Waals surface area (Å²) in [5.74, 6) is -0.978. The van der Waals surface area contributed by atoms with Gasteiger partial charge in [0.25, 0.3) is 5.56 Å². The molecule has 0 bridgehead atoms. The lowest BCUT2D eigenvalue weighted by atomic mass is 10.0. The predicted molar refractivity (Wildman–Crippen MR) is 60.7 cm³/mol. The Morgan fingerprint density at radius 2 is 2.22 bits per heavy atom. The van der Waals surface area contributed by atoms with E-state index < -0.39 is 35.5 Å². The molecular weight excluding hydrogens is 243 g/mol. The molecule has 2 N–H and O–H groups in total. The lowest BCUT2D eigenvalue weighted by molar-refractivity contribution is -0.0434. The summed E-state index contributed by atoms with van der Waals surface area (Å²) >= 11 is 0. The first-order valence-electron chi connectivity index (χ1n) is 5.74. The van der Waals surface area contributed by atoms with E-state index in [1.165, 1.54) is 0 Å². The highest BCUT2D eigenvalue weighted by atomic mass is 19.1. The molecule has 6 nitrogen and oxygen atoms in total. The molecule has 0 amide bonds. The van der Waals surface area contributed by atoms with Crippen molar-refractivity contribution in [1.82, 2.24) is 9.55 Å². The molecule has 1 aliphatic heterocycles. The summed E-state index contributed by atoms with van der Waals surface area (Å²) in [6.07, 6.45) is -0.879. The van der Waals surface area contributed by atoms with Gasteiger partial charge in [-0.25, -0.2) is 4.79 Å². The van der Waals surface area contributed by atoms with Crippen LogP contribution in [0.5, 0.6) is 0 Å². The summed E-state index contributed by atoms with van der Waals surface area (Å²) in [4.78, 5) is 24.3. The summed E-state index contributed by atoms with van der Waals surface area (Å²) in [7, 11) is 0. The van der Waals surface area contributed by atoms with Gasteiger partial charge in [0.2, 0.25) is 5.82 Å². The van der Waals surface area contributed by atoms with Gasteiger partial charge >= 0.3 is 5.69 Å². The van der Waals surface area contributed by atoms with E-state index in [0.717, 1.165) is 10.8 Å². The fourth-order valence-corrected chi connectivity index (χ4v) is 2.12. The highest BCUT2D eigenvalue weighted by molar-refractivity contribution is 4.91. The average Bonchev–Trinajstić information content (AvgIpc) is 2.65. The van der Waals surface area contributed by atoms with Crippen LogP contribution in [-0.2, 0) is 4.74 Å². The molecule has 100 valence electrons. The number of hydrogen-bond acceptors (Lipinski definition) is 4. The van der Waals surface area contributed by atoms with E-state index in [0.29, 0.717) is 0 Å². The van der Waals surface area contributed by atoms with Crippen molar-refractivity contribution in [2.45, 2.75) is 38.7 Å². The van der Waals surface area contributed by atoms with Crippen LogP contribution in [0.3, 0.4) is 0 Å². The number of ether oxygens (including phenoxy) is 1. The van der Waals surface area contributed by atoms with Crippen LogP contribution in [0.25, 0.3) is 0 Å². The molecule has 3 atom stereocenters. The standard InChI is InChI=1S/C11H15FN2O4/c1-5(2)9-7(15)3-8(18-9)14-4-6(12)10(16)13-11(14)17/h4-5,7-9,15H,3H2,1-2H3,(H,13,16,17)/t7-,8-,9?/m1/s1. The van der Waals surface area contributed by atoms with Gasteiger partial charge in [0, 0.05) is 6.42 Å². The molecule has 0 radical (unpaired) electrons. The van der Waals surface area contributed by atoms with Gasteiger partial charge in [-0.3, -0.25) is 14.3 Å². The molecule has 0 aliphatic carbocycles. The monoisotopic (exact) mass is 258 g/mol. The van der Waals surface area contributed by atoms with Crippen LogP contribution in [-0.4, -0.2) is 26.9 Å². The molecule has 1 unspecified atom stereocenters. The van der Waals surface area contributed by atoms with E-state index >= 15 is 0 Å². The molecule has 1 aliphatic rings. The van der Waals surface area contributed by atoms with Crippen molar-refractivity contribution in [2.24, 2.45) is 5.92 Å². The van der Waals surface area contributed by atoms with E-state index in [9.17, 15) is 19.1 Å². The maximum absolute atomic E-state index is 13.1. The molecule has 0 spiro atoms. The molecule has 1 saturated heterocycles. The molecule has 7 heteroatoms. The van der Waals surface area contributed by atoms with Crippen molar-refractivity contribution in [3.63, 3.8) is 0 Å². The van der Waals surface area contributed by atoms with Crippen LogP contribution in [0.4, 0.5) is 4.39 Å². The molecule has 1 aromatic heterocycles. The maximum Gasteiger partial charge on any atom is 0.330 e. The largest absolute Gasteiger partial charge is 0.390 e. The molecular formula is C11H15FN2O4. The van der Waals surface area contributed by atoms with Crippen molar-refractivity contribution in [3.8, 4) is 0 Å². The number of aromatic nitrogens is 2. The zero-order chi connectivity index (χ0) is 13.4. The number of hydrogen-bond donors (Lipinski definition) is 2. The van der Waals surface area contributed by atoms with Gasteiger partial charge in [0.1, 0.15) is 6.23 Å². The Labute approximate surface area is 102 Å². The average molecular weight is 258 g/mol. The molecule has 0 saturated carbocycles. The van der Waals surface area contributed by atoms with Crippen LogP contribution < -0.4 is 11.2 Å². The SMILES string of the molecule is CC(C)C1O[C@@H](n2cc(F)c(=O)[nH]c2=O)C[C@H]1O. The zero-order valence-corrected chi connectivity index (χ0v) is 10.1.